The molecule has 0 saturated heterocycles. The molecule has 6 heteroatoms. The van der Waals surface area contributed by atoms with E-state index in [4.69, 9.17) is 12.6 Å². The van der Waals surface area contributed by atoms with Crippen molar-refractivity contribution in [3.05, 3.63) is 27.7 Å². The van der Waals surface area contributed by atoms with Gasteiger partial charge >= 0.3 is 51.4 Å². The normalized spacial score (nSPS) is 10.0. The molecule has 0 aliphatic rings. The van der Waals surface area contributed by atoms with Crippen molar-refractivity contribution in [2.45, 2.75) is 19.0 Å². The largest absolute Gasteiger partial charge is 1.00 e. The van der Waals surface area contributed by atoms with Gasteiger partial charge in [-0.25, -0.2) is 9.97 Å². The van der Waals surface area contributed by atoms with Gasteiger partial charge in [0.15, 0.2) is 5.65 Å². The number of pyridine rings is 1. The minimum atomic E-state index is -0.218. The van der Waals surface area contributed by atoms with Crippen LogP contribution in [-0.2, 0) is 12.6 Å². The molecule has 0 fully saturated rings. The average Bonchev–Trinajstić information content (AvgIpc) is 1.99. The number of hydrogen-bond acceptors (Lipinski definition) is 4. The Hall–Kier alpha value is 0.146. The molecule has 2 aromatic heterocycles. The summed E-state index contributed by atoms with van der Waals surface area (Å²) in [4.78, 5) is 22.2. The van der Waals surface area contributed by atoms with Crippen molar-refractivity contribution in [2.24, 2.45) is 0 Å². The van der Waals surface area contributed by atoms with Gasteiger partial charge < -0.3 is 17.6 Å². The van der Waals surface area contributed by atoms with E-state index in [2.05, 4.69) is 15.0 Å². The maximum atomic E-state index is 11.5. The number of nitrogens with zero attached hydrogens (tertiary/aromatic N) is 2. The molecule has 0 saturated carbocycles. The van der Waals surface area contributed by atoms with Crippen molar-refractivity contribution < 1.29 is 51.4 Å². The van der Waals surface area contributed by atoms with Gasteiger partial charge in [0.1, 0.15) is 0 Å². The fourth-order valence-corrected chi connectivity index (χ4v) is 1.64. The summed E-state index contributed by atoms with van der Waals surface area (Å²) in [7, 11) is 0. The van der Waals surface area contributed by atoms with Crippen molar-refractivity contribution in [1.29, 1.82) is 0 Å². The van der Waals surface area contributed by atoms with Gasteiger partial charge in [0.2, 0.25) is 0 Å². The summed E-state index contributed by atoms with van der Waals surface area (Å²) in [5.41, 5.74) is 1.92. The molecule has 0 unspecified atom stereocenters. The number of aromatic amines is 1. The molecule has 1 N–H and O–H groups in total. The van der Waals surface area contributed by atoms with E-state index in [1.54, 1.807) is 0 Å². The van der Waals surface area contributed by atoms with Crippen LogP contribution in [0.3, 0.4) is 0 Å². The van der Waals surface area contributed by atoms with E-state index in [9.17, 15) is 4.79 Å². The van der Waals surface area contributed by atoms with Crippen LogP contribution in [0.15, 0.2) is 16.0 Å². The number of aryl methyl sites for hydroxylation is 2. The van der Waals surface area contributed by atoms with Crippen LogP contribution < -0.4 is 56.9 Å². The predicted molar refractivity (Wildman–Crippen MR) is 55.3 cm³/mol. The first kappa shape index (κ1) is 13.2. The van der Waals surface area contributed by atoms with E-state index in [-0.39, 0.29) is 62.1 Å². The average molecular weight is 245 g/mol. The van der Waals surface area contributed by atoms with Crippen molar-refractivity contribution in [1.82, 2.24) is 15.0 Å². The summed E-state index contributed by atoms with van der Waals surface area (Å²) < 4.78 is 0. The monoisotopic (exact) mass is 245 g/mol. The molecule has 2 heterocycles. The standard InChI is InChI=1S/C9H9N3OS.K/c1-4-3-5(2)10-7-6(4)8(13)12-9(14)11-7;/h3H,1-2H3,(H2,10,11,12,13,14);/q;+1/p-1. The Morgan fingerprint density at radius 3 is 2.67 bits per heavy atom. The molecule has 2 rings (SSSR count). The second-order valence-electron chi connectivity index (χ2n) is 3.15. The predicted octanol–water partition coefficient (Wildman–Crippen LogP) is -2.16. The number of aromatic nitrogens is 3. The smallest absolute Gasteiger partial charge is 0.742 e. The van der Waals surface area contributed by atoms with Crippen molar-refractivity contribution in [3.63, 3.8) is 0 Å². The number of hydrogen-bond donors (Lipinski definition) is 1. The van der Waals surface area contributed by atoms with E-state index in [0.29, 0.717) is 11.0 Å². The first-order chi connectivity index (χ1) is 6.58. The zero-order valence-corrected chi connectivity index (χ0v) is 12.7. The van der Waals surface area contributed by atoms with E-state index in [1.165, 1.54) is 0 Å². The Labute approximate surface area is 135 Å². The van der Waals surface area contributed by atoms with Crippen LogP contribution >= 0.6 is 0 Å². The van der Waals surface area contributed by atoms with Crippen LogP contribution in [0.5, 0.6) is 0 Å². The Morgan fingerprint density at radius 2 is 2.00 bits per heavy atom. The minimum Gasteiger partial charge on any atom is -0.742 e. The van der Waals surface area contributed by atoms with Gasteiger partial charge in [-0.1, -0.05) is 0 Å². The summed E-state index contributed by atoms with van der Waals surface area (Å²) in [5.74, 6) is 0. The summed E-state index contributed by atoms with van der Waals surface area (Å²) in [6.45, 7) is 3.72. The van der Waals surface area contributed by atoms with Crippen LogP contribution in [0.25, 0.3) is 11.0 Å². The van der Waals surface area contributed by atoms with Crippen LogP contribution in [0.4, 0.5) is 0 Å². The SMILES string of the molecule is Cc1cc(C)c2c(=O)[nH]c([S-])nc2n1.[K+]. The van der Waals surface area contributed by atoms with Gasteiger partial charge in [0.05, 0.1) is 5.39 Å². The van der Waals surface area contributed by atoms with Crippen molar-refractivity contribution in [3.8, 4) is 0 Å². The van der Waals surface area contributed by atoms with Crippen LogP contribution in [-0.4, -0.2) is 15.0 Å². The molecule has 0 bridgehead atoms. The topological polar surface area (TPSA) is 58.6 Å². The Balaban J connectivity index is 0.00000112. The fourth-order valence-electron chi connectivity index (χ4n) is 1.46. The first-order valence-corrected chi connectivity index (χ1v) is 4.54. The molecule has 0 spiro atoms. The molecule has 0 aromatic carbocycles. The van der Waals surface area contributed by atoms with Crippen LogP contribution in [0.2, 0.25) is 0 Å². The summed E-state index contributed by atoms with van der Waals surface area (Å²) in [5, 5.41) is 0.698. The zero-order chi connectivity index (χ0) is 10.3. The number of rotatable bonds is 0. The van der Waals surface area contributed by atoms with Gasteiger partial charge in [-0.05, 0) is 30.6 Å². The molecule has 72 valence electrons. The molecule has 2 aromatic rings. The molecular weight excluding hydrogens is 237 g/mol. The molecule has 0 aliphatic carbocycles. The number of nitrogens with one attached hydrogen (secondary N) is 1. The second kappa shape index (κ2) is 4.98. The molecule has 0 aliphatic heterocycles. The summed E-state index contributed by atoms with van der Waals surface area (Å²) in [6, 6.07) is 1.85. The Bertz CT molecular complexity index is 562. The van der Waals surface area contributed by atoms with Crippen molar-refractivity contribution in [2.75, 3.05) is 0 Å². The molecule has 0 atom stereocenters. The molecule has 0 radical (unpaired) electrons. The third kappa shape index (κ3) is 2.63. The van der Waals surface area contributed by atoms with Gasteiger partial charge in [0.25, 0.3) is 5.56 Å². The molecule has 0 amide bonds. The maximum absolute atomic E-state index is 11.5. The molecular formula is C9H8KN3OS. The fraction of sp³-hybridized carbons (Fsp3) is 0.222. The van der Waals surface area contributed by atoms with Crippen molar-refractivity contribution >= 4 is 23.7 Å². The molecule has 15 heavy (non-hydrogen) atoms. The van der Waals surface area contributed by atoms with Gasteiger partial charge in [0, 0.05) is 5.69 Å². The van der Waals surface area contributed by atoms with Crippen LogP contribution in [0, 0.1) is 13.8 Å². The van der Waals surface area contributed by atoms with E-state index in [1.807, 2.05) is 19.9 Å². The summed E-state index contributed by atoms with van der Waals surface area (Å²) in [6.07, 6.45) is 0. The number of H-pyrrole nitrogens is 1. The van der Waals surface area contributed by atoms with Gasteiger partial charge in [-0.2, -0.15) is 0 Å². The van der Waals surface area contributed by atoms with Gasteiger partial charge in [-0.3, -0.25) is 4.79 Å². The van der Waals surface area contributed by atoms with Gasteiger partial charge in [-0.15, -0.1) is 0 Å². The third-order valence-electron chi connectivity index (χ3n) is 1.98. The minimum absolute atomic E-state index is 0. The van der Waals surface area contributed by atoms with Crippen LogP contribution in [0.1, 0.15) is 11.3 Å². The third-order valence-corrected chi connectivity index (χ3v) is 2.17. The second-order valence-corrected chi connectivity index (χ2v) is 3.54. The van der Waals surface area contributed by atoms with E-state index in [0.717, 1.165) is 11.3 Å². The first-order valence-electron chi connectivity index (χ1n) is 4.13. The maximum Gasteiger partial charge on any atom is 1.00 e. The zero-order valence-electron chi connectivity index (χ0n) is 8.79. The Kier molecular flexibility index (Phi) is 4.39. The molecule has 4 nitrogen and oxygen atoms in total. The van der Waals surface area contributed by atoms with E-state index >= 15 is 0 Å². The quantitative estimate of drug-likeness (QED) is 0.326. The van der Waals surface area contributed by atoms with E-state index < -0.39 is 0 Å². The number of fused-ring (bicyclic) bond motifs is 1. The summed E-state index contributed by atoms with van der Waals surface area (Å²) >= 11 is 4.81. The Morgan fingerprint density at radius 1 is 1.33 bits per heavy atom.